The lowest BCUT2D eigenvalue weighted by molar-refractivity contribution is 0.259. The molecule has 1 aromatic carbocycles. The number of halogens is 1. The van der Waals surface area contributed by atoms with Crippen molar-refractivity contribution in [2.24, 2.45) is 16.3 Å². The normalized spacial score (nSPS) is 12.6. The molecule has 0 spiro atoms. The Morgan fingerprint density at radius 3 is 2.72 bits per heavy atom. The number of ether oxygens (including phenoxy) is 1. The first-order chi connectivity index (χ1) is 8.36. The van der Waals surface area contributed by atoms with Crippen LogP contribution >= 0.6 is 0 Å². The fraction of sp³-hybridized carbons (Fsp3) is 0.462. The molecule has 1 aromatic rings. The van der Waals surface area contributed by atoms with Gasteiger partial charge in [0.25, 0.3) is 0 Å². The van der Waals surface area contributed by atoms with E-state index in [1.165, 1.54) is 6.07 Å². The molecule has 0 unspecified atom stereocenters. The topological polar surface area (TPSA) is 67.8 Å². The summed E-state index contributed by atoms with van der Waals surface area (Å²) in [5.41, 5.74) is 5.67. The fourth-order valence-corrected chi connectivity index (χ4v) is 1.39. The maximum atomic E-state index is 13.0. The molecule has 5 heteroatoms. The van der Waals surface area contributed by atoms with Gasteiger partial charge in [0.1, 0.15) is 17.4 Å². The highest BCUT2D eigenvalue weighted by molar-refractivity contribution is 5.85. The maximum absolute atomic E-state index is 13.0. The summed E-state index contributed by atoms with van der Waals surface area (Å²) in [4.78, 5) is 0. The second kappa shape index (κ2) is 5.71. The third-order valence-electron chi connectivity index (χ3n) is 2.93. The minimum Gasteiger partial charge on any atom is -0.494 e. The zero-order valence-corrected chi connectivity index (χ0v) is 10.9. The van der Waals surface area contributed by atoms with E-state index >= 15 is 0 Å². The minimum atomic E-state index is -0.441. The van der Waals surface area contributed by atoms with Crippen LogP contribution in [0.25, 0.3) is 0 Å². The summed E-state index contributed by atoms with van der Waals surface area (Å²) in [6.07, 6.45) is 0.597. The Morgan fingerprint density at radius 2 is 2.17 bits per heavy atom. The molecule has 3 N–H and O–H groups in total. The number of benzene rings is 1. The molecule has 0 bridgehead atoms. The van der Waals surface area contributed by atoms with Gasteiger partial charge in [-0.25, -0.2) is 4.39 Å². The van der Waals surface area contributed by atoms with Crippen molar-refractivity contribution in [3.8, 4) is 5.75 Å². The van der Waals surface area contributed by atoms with Crippen LogP contribution in [0.5, 0.6) is 5.75 Å². The second-order valence-electron chi connectivity index (χ2n) is 4.88. The van der Waals surface area contributed by atoms with Crippen molar-refractivity contribution in [3.63, 3.8) is 0 Å². The average molecular weight is 254 g/mol. The second-order valence-corrected chi connectivity index (χ2v) is 4.88. The smallest absolute Gasteiger partial charge is 0.144 e. The molecular formula is C13H19FN2O2. The first kappa shape index (κ1) is 14.3. The number of nitrogens with zero attached hydrogens (tertiary/aromatic N) is 1. The van der Waals surface area contributed by atoms with E-state index < -0.39 is 5.41 Å². The van der Waals surface area contributed by atoms with E-state index in [-0.39, 0.29) is 11.7 Å². The molecular weight excluding hydrogens is 235 g/mol. The van der Waals surface area contributed by atoms with Gasteiger partial charge in [0.2, 0.25) is 0 Å². The van der Waals surface area contributed by atoms with Crippen LogP contribution < -0.4 is 10.5 Å². The van der Waals surface area contributed by atoms with E-state index in [9.17, 15) is 4.39 Å². The molecule has 0 fully saturated rings. The first-order valence-electron chi connectivity index (χ1n) is 5.74. The Morgan fingerprint density at radius 1 is 1.50 bits per heavy atom. The molecule has 0 aliphatic rings. The molecule has 100 valence electrons. The van der Waals surface area contributed by atoms with Gasteiger partial charge < -0.3 is 15.7 Å². The molecule has 0 amide bonds. The third-order valence-corrected chi connectivity index (χ3v) is 2.93. The van der Waals surface area contributed by atoms with Crippen molar-refractivity contribution >= 4 is 5.84 Å². The highest BCUT2D eigenvalue weighted by Crippen LogP contribution is 2.22. The Bertz CT molecular complexity index is 445. The van der Waals surface area contributed by atoms with Gasteiger partial charge in [-0.1, -0.05) is 19.0 Å². The average Bonchev–Trinajstić information content (AvgIpc) is 2.32. The molecule has 1 rings (SSSR count). The Labute approximate surface area is 106 Å². The molecule has 0 aliphatic carbocycles. The van der Waals surface area contributed by atoms with Crippen molar-refractivity contribution in [1.29, 1.82) is 0 Å². The Balaban J connectivity index is 2.54. The van der Waals surface area contributed by atoms with Gasteiger partial charge in [0.05, 0.1) is 6.61 Å². The summed E-state index contributed by atoms with van der Waals surface area (Å²) < 4.78 is 18.6. The standard InChI is InChI=1S/C13H19FN2O2/c1-9-8-10(4-5-11(9)14)18-7-6-13(2,3)12(15)16-17/h4-5,8,17H,6-7H2,1-3H3,(H2,15,16). The molecule has 0 radical (unpaired) electrons. The number of nitrogens with two attached hydrogens (primary N) is 1. The lowest BCUT2D eigenvalue weighted by atomic mass is 9.88. The van der Waals surface area contributed by atoms with E-state index in [1.807, 2.05) is 13.8 Å². The van der Waals surface area contributed by atoms with E-state index in [0.717, 1.165) is 0 Å². The number of rotatable bonds is 5. The molecule has 0 aliphatic heterocycles. The van der Waals surface area contributed by atoms with Gasteiger partial charge >= 0.3 is 0 Å². The van der Waals surface area contributed by atoms with Gasteiger partial charge in [-0.3, -0.25) is 0 Å². The number of oxime groups is 1. The highest BCUT2D eigenvalue weighted by atomic mass is 19.1. The van der Waals surface area contributed by atoms with Gasteiger partial charge in [0.15, 0.2) is 0 Å². The van der Waals surface area contributed by atoms with Crippen molar-refractivity contribution in [3.05, 3.63) is 29.6 Å². The monoisotopic (exact) mass is 254 g/mol. The molecule has 0 aromatic heterocycles. The summed E-state index contributed by atoms with van der Waals surface area (Å²) in [6.45, 7) is 5.82. The van der Waals surface area contributed by atoms with Gasteiger partial charge in [-0.05, 0) is 37.1 Å². The van der Waals surface area contributed by atoms with Gasteiger partial charge in [-0.2, -0.15) is 0 Å². The molecule has 0 heterocycles. The molecule has 18 heavy (non-hydrogen) atoms. The summed E-state index contributed by atoms with van der Waals surface area (Å²) in [7, 11) is 0. The number of hydrogen-bond donors (Lipinski definition) is 2. The van der Waals surface area contributed by atoms with Crippen LogP contribution in [0.3, 0.4) is 0 Å². The van der Waals surface area contributed by atoms with Crippen LogP contribution in [0.1, 0.15) is 25.8 Å². The van der Waals surface area contributed by atoms with Crippen molar-refractivity contribution < 1.29 is 14.3 Å². The fourth-order valence-electron chi connectivity index (χ4n) is 1.39. The number of aryl methyl sites for hydroxylation is 1. The van der Waals surface area contributed by atoms with E-state index in [4.69, 9.17) is 15.7 Å². The van der Waals surface area contributed by atoms with Gasteiger partial charge in [0, 0.05) is 5.41 Å². The third kappa shape index (κ3) is 3.61. The molecule has 0 saturated heterocycles. The van der Waals surface area contributed by atoms with Crippen molar-refractivity contribution in [2.45, 2.75) is 27.2 Å². The van der Waals surface area contributed by atoms with Crippen LogP contribution in [0.15, 0.2) is 23.4 Å². The van der Waals surface area contributed by atoms with Crippen LogP contribution in [-0.4, -0.2) is 17.6 Å². The van der Waals surface area contributed by atoms with E-state index in [0.29, 0.717) is 24.3 Å². The summed E-state index contributed by atoms with van der Waals surface area (Å²) in [6, 6.07) is 4.60. The van der Waals surface area contributed by atoms with Gasteiger partial charge in [-0.15, -0.1) is 0 Å². The largest absolute Gasteiger partial charge is 0.494 e. The van der Waals surface area contributed by atoms with Crippen LogP contribution in [0.2, 0.25) is 0 Å². The summed E-state index contributed by atoms with van der Waals surface area (Å²) in [5.74, 6) is 0.532. The van der Waals surface area contributed by atoms with Crippen LogP contribution in [-0.2, 0) is 0 Å². The first-order valence-corrected chi connectivity index (χ1v) is 5.74. The van der Waals surface area contributed by atoms with Crippen LogP contribution in [0.4, 0.5) is 4.39 Å². The summed E-state index contributed by atoms with van der Waals surface area (Å²) >= 11 is 0. The SMILES string of the molecule is Cc1cc(OCCC(C)(C)/C(N)=N/O)ccc1F. The van der Waals surface area contributed by atoms with E-state index in [1.54, 1.807) is 19.1 Å². The minimum absolute atomic E-state index is 0.168. The highest BCUT2D eigenvalue weighted by Gasteiger charge is 2.23. The maximum Gasteiger partial charge on any atom is 0.144 e. The van der Waals surface area contributed by atoms with Crippen molar-refractivity contribution in [2.75, 3.05) is 6.61 Å². The Hall–Kier alpha value is -1.78. The van der Waals surface area contributed by atoms with E-state index in [2.05, 4.69) is 5.16 Å². The molecule has 4 nitrogen and oxygen atoms in total. The Kier molecular flexibility index (Phi) is 4.53. The number of hydrogen-bond acceptors (Lipinski definition) is 3. The predicted octanol–water partition coefficient (Wildman–Crippen LogP) is 2.68. The number of amidine groups is 1. The predicted molar refractivity (Wildman–Crippen MR) is 68.4 cm³/mol. The molecule has 0 atom stereocenters. The zero-order valence-electron chi connectivity index (χ0n) is 10.9. The zero-order chi connectivity index (χ0) is 13.8. The quantitative estimate of drug-likeness (QED) is 0.367. The van der Waals surface area contributed by atoms with Crippen LogP contribution in [0, 0.1) is 18.2 Å². The lowest BCUT2D eigenvalue weighted by Crippen LogP contribution is -2.33. The molecule has 0 saturated carbocycles. The summed E-state index contributed by atoms with van der Waals surface area (Å²) in [5, 5.41) is 11.6. The van der Waals surface area contributed by atoms with Crippen molar-refractivity contribution in [1.82, 2.24) is 0 Å². The lowest BCUT2D eigenvalue weighted by Gasteiger charge is -2.22.